The van der Waals surface area contributed by atoms with Gasteiger partial charge in [-0.3, -0.25) is 9.52 Å². The molecule has 174 valence electrons. The topological polar surface area (TPSA) is 129 Å². The fraction of sp³-hybridized carbons (Fsp3) is 0.130. The van der Waals surface area contributed by atoms with E-state index in [-0.39, 0.29) is 10.5 Å². The molecule has 0 spiro atoms. The first-order chi connectivity index (χ1) is 16.3. The first-order valence-electron chi connectivity index (χ1n) is 10.1. The molecule has 0 unspecified atom stereocenters. The number of hydrogen-bond donors (Lipinski definition) is 1. The first kappa shape index (κ1) is 22.9. The minimum Gasteiger partial charge on any atom is -0.497 e. The quantitative estimate of drug-likeness (QED) is 0.400. The van der Waals surface area contributed by atoms with Crippen molar-refractivity contribution in [1.29, 1.82) is 0 Å². The number of aromatic nitrogens is 3. The molecular formula is C23H20N4O6S. The second-order valence-corrected chi connectivity index (χ2v) is 8.94. The predicted octanol–water partition coefficient (Wildman–Crippen LogP) is 2.72. The maximum absolute atomic E-state index is 12.9. The zero-order valence-electron chi connectivity index (χ0n) is 18.3. The Bertz CT molecular complexity index is 1530. The number of benzene rings is 3. The molecule has 1 N–H and O–H groups in total. The highest BCUT2D eigenvalue weighted by Gasteiger charge is 2.20. The van der Waals surface area contributed by atoms with Crippen LogP contribution in [0.4, 0.5) is 5.69 Å². The summed E-state index contributed by atoms with van der Waals surface area (Å²) < 4.78 is 39.5. The predicted molar refractivity (Wildman–Crippen MR) is 124 cm³/mol. The van der Waals surface area contributed by atoms with Gasteiger partial charge >= 0.3 is 5.97 Å². The molecular weight excluding hydrogens is 460 g/mol. The lowest BCUT2D eigenvalue weighted by Crippen LogP contribution is -2.26. The lowest BCUT2D eigenvalue weighted by Gasteiger charge is -2.12. The number of hydrogen-bond acceptors (Lipinski definition) is 8. The van der Waals surface area contributed by atoms with Gasteiger partial charge in [0.2, 0.25) is 0 Å². The van der Waals surface area contributed by atoms with Crippen LogP contribution in [-0.2, 0) is 21.5 Å². The van der Waals surface area contributed by atoms with Crippen molar-refractivity contribution in [3.05, 3.63) is 88.2 Å². The van der Waals surface area contributed by atoms with E-state index in [0.29, 0.717) is 27.9 Å². The van der Waals surface area contributed by atoms with Crippen LogP contribution in [0.15, 0.2) is 76.4 Å². The number of sulfonamides is 1. The van der Waals surface area contributed by atoms with Gasteiger partial charge in [-0.2, -0.15) is 4.68 Å². The summed E-state index contributed by atoms with van der Waals surface area (Å²) in [6, 6.07) is 17.2. The highest BCUT2D eigenvalue weighted by Crippen LogP contribution is 2.23. The second-order valence-electron chi connectivity index (χ2n) is 7.29. The van der Waals surface area contributed by atoms with Gasteiger partial charge in [-0.15, -0.1) is 5.10 Å². The standard InChI is InChI=1S/C23H20N4O6S/c1-15-7-8-16(13-21(15)34(30,31)25-17-9-11-18(32-2)12-10-17)23(29)33-14-27-22(28)19-5-3-4-6-20(19)24-26-27/h3-13,25H,14H2,1-2H3. The molecule has 0 radical (unpaired) electrons. The van der Waals surface area contributed by atoms with E-state index in [4.69, 9.17) is 9.47 Å². The van der Waals surface area contributed by atoms with Crippen LogP contribution >= 0.6 is 0 Å². The summed E-state index contributed by atoms with van der Waals surface area (Å²) in [6.45, 7) is 1.14. The highest BCUT2D eigenvalue weighted by molar-refractivity contribution is 7.92. The average molecular weight is 481 g/mol. The molecule has 0 saturated carbocycles. The third-order valence-electron chi connectivity index (χ3n) is 5.00. The first-order valence-corrected chi connectivity index (χ1v) is 11.5. The Morgan fingerprint density at radius 2 is 1.79 bits per heavy atom. The molecule has 1 aromatic heterocycles. The van der Waals surface area contributed by atoms with E-state index in [0.717, 1.165) is 4.68 Å². The van der Waals surface area contributed by atoms with E-state index in [9.17, 15) is 18.0 Å². The van der Waals surface area contributed by atoms with Crippen molar-refractivity contribution in [2.45, 2.75) is 18.6 Å². The van der Waals surface area contributed by atoms with Gasteiger partial charge in [0.25, 0.3) is 15.6 Å². The number of ether oxygens (including phenoxy) is 2. The lowest BCUT2D eigenvalue weighted by molar-refractivity contribution is 0.0336. The van der Waals surface area contributed by atoms with Gasteiger partial charge < -0.3 is 9.47 Å². The third kappa shape index (κ3) is 4.74. The number of aryl methyl sites for hydroxylation is 1. The van der Waals surface area contributed by atoms with Gasteiger partial charge in [0.15, 0.2) is 6.73 Å². The number of carbonyl (C=O) groups is 1. The zero-order valence-corrected chi connectivity index (χ0v) is 19.1. The summed E-state index contributed by atoms with van der Waals surface area (Å²) in [5.41, 5.74) is 0.737. The second kappa shape index (κ2) is 9.32. The van der Waals surface area contributed by atoms with Crippen LogP contribution in [-0.4, -0.2) is 36.5 Å². The van der Waals surface area contributed by atoms with Crippen molar-refractivity contribution < 1.29 is 22.7 Å². The summed E-state index contributed by atoms with van der Waals surface area (Å²) in [6.07, 6.45) is 0. The van der Waals surface area contributed by atoms with Gasteiger partial charge in [-0.1, -0.05) is 23.4 Å². The lowest BCUT2D eigenvalue weighted by atomic mass is 10.1. The molecule has 0 aliphatic rings. The summed E-state index contributed by atoms with van der Waals surface area (Å²) in [5.74, 6) is -0.234. The highest BCUT2D eigenvalue weighted by atomic mass is 32.2. The molecule has 0 amide bonds. The van der Waals surface area contributed by atoms with Crippen LogP contribution in [0, 0.1) is 6.92 Å². The van der Waals surface area contributed by atoms with E-state index in [1.807, 2.05) is 0 Å². The monoisotopic (exact) mass is 480 g/mol. The minimum absolute atomic E-state index is 0.00232. The van der Waals surface area contributed by atoms with Crippen molar-refractivity contribution in [2.24, 2.45) is 0 Å². The molecule has 34 heavy (non-hydrogen) atoms. The Hall–Kier alpha value is -4.25. The molecule has 0 saturated heterocycles. The molecule has 4 aromatic rings. The van der Waals surface area contributed by atoms with Gasteiger partial charge in [0.05, 0.1) is 23.0 Å². The normalized spacial score (nSPS) is 11.2. The number of fused-ring (bicyclic) bond motifs is 1. The number of methoxy groups -OCH3 is 1. The maximum atomic E-state index is 12.9. The minimum atomic E-state index is -3.99. The molecule has 11 heteroatoms. The van der Waals surface area contributed by atoms with Crippen LogP contribution in [0.25, 0.3) is 10.9 Å². The van der Waals surface area contributed by atoms with Crippen molar-refractivity contribution in [1.82, 2.24) is 15.0 Å². The van der Waals surface area contributed by atoms with Gasteiger partial charge in [-0.25, -0.2) is 13.2 Å². The van der Waals surface area contributed by atoms with E-state index < -0.39 is 28.3 Å². The Balaban J connectivity index is 1.53. The smallest absolute Gasteiger partial charge is 0.339 e. The van der Waals surface area contributed by atoms with E-state index in [1.54, 1.807) is 55.5 Å². The van der Waals surface area contributed by atoms with Crippen molar-refractivity contribution in [2.75, 3.05) is 11.8 Å². The molecule has 3 aromatic carbocycles. The zero-order chi connectivity index (χ0) is 24.3. The largest absolute Gasteiger partial charge is 0.497 e. The molecule has 0 atom stereocenters. The van der Waals surface area contributed by atoms with E-state index in [2.05, 4.69) is 15.0 Å². The van der Waals surface area contributed by atoms with Crippen LogP contribution in [0.1, 0.15) is 15.9 Å². The summed E-state index contributed by atoms with van der Waals surface area (Å²) in [4.78, 5) is 25.0. The van der Waals surface area contributed by atoms with Crippen LogP contribution < -0.4 is 15.0 Å². The molecule has 10 nitrogen and oxygen atoms in total. The van der Waals surface area contributed by atoms with Gasteiger partial charge in [0.1, 0.15) is 11.3 Å². The Morgan fingerprint density at radius 3 is 2.53 bits per heavy atom. The third-order valence-corrected chi connectivity index (χ3v) is 6.53. The number of esters is 1. The average Bonchev–Trinajstić information content (AvgIpc) is 2.84. The Kier molecular flexibility index (Phi) is 6.28. The van der Waals surface area contributed by atoms with Crippen molar-refractivity contribution in [3.63, 3.8) is 0 Å². The molecule has 0 aliphatic carbocycles. The number of anilines is 1. The number of nitrogens with zero attached hydrogens (tertiary/aromatic N) is 3. The SMILES string of the molecule is COc1ccc(NS(=O)(=O)c2cc(C(=O)OCn3nnc4ccccc4c3=O)ccc2C)cc1. The Labute approximate surface area is 194 Å². The fourth-order valence-electron chi connectivity index (χ4n) is 3.20. The van der Waals surface area contributed by atoms with Crippen molar-refractivity contribution in [3.8, 4) is 5.75 Å². The van der Waals surface area contributed by atoms with Crippen molar-refractivity contribution >= 4 is 32.6 Å². The van der Waals surface area contributed by atoms with E-state index >= 15 is 0 Å². The van der Waals surface area contributed by atoms with Crippen LogP contribution in [0.2, 0.25) is 0 Å². The van der Waals surface area contributed by atoms with Crippen LogP contribution in [0.5, 0.6) is 5.75 Å². The summed E-state index contributed by atoms with van der Waals surface area (Å²) in [5, 5.41) is 8.03. The molecule has 4 rings (SSSR count). The molecule has 0 aliphatic heterocycles. The number of rotatable bonds is 7. The molecule has 0 bridgehead atoms. The molecule has 1 heterocycles. The van der Waals surface area contributed by atoms with E-state index in [1.165, 1.54) is 25.3 Å². The van der Waals surface area contributed by atoms with Gasteiger partial charge in [0, 0.05) is 5.69 Å². The summed E-state index contributed by atoms with van der Waals surface area (Å²) in [7, 11) is -2.48. The number of carbonyl (C=O) groups excluding carboxylic acids is 1. The van der Waals surface area contributed by atoms with Crippen LogP contribution in [0.3, 0.4) is 0 Å². The maximum Gasteiger partial charge on any atom is 0.339 e. The van der Waals surface area contributed by atoms with Gasteiger partial charge in [-0.05, 0) is 61.0 Å². The Morgan fingerprint density at radius 1 is 1.06 bits per heavy atom. The number of nitrogens with one attached hydrogen (secondary N) is 1. The fourth-order valence-corrected chi connectivity index (χ4v) is 4.53. The molecule has 0 fully saturated rings. The summed E-state index contributed by atoms with van der Waals surface area (Å²) >= 11 is 0.